The molecule has 0 atom stereocenters. The number of carbonyl (C=O) groups is 2. The molecule has 0 unspecified atom stereocenters. The van der Waals surface area contributed by atoms with Crippen LogP contribution < -0.4 is 16.0 Å². The van der Waals surface area contributed by atoms with Crippen LogP contribution >= 0.6 is 23.2 Å². The Morgan fingerprint density at radius 3 is 2.28 bits per heavy atom. The van der Waals surface area contributed by atoms with E-state index in [1.807, 2.05) is 31.3 Å². The van der Waals surface area contributed by atoms with Gasteiger partial charge in [0.05, 0.1) is 16.3 Å². The summed E-state index contributed by atoms with van der Waals surface area (Å²) in [7, 11) is 1.95. The van der Waals surface area contributed by atoms with Crippen molar-refractivity contribution in [2.75, 3.05) is 24.2 Å². The third kappa shape index (κ3) is 4.93. The summed E-state index contributed by atoms with van der Waals surface area (Å²) in [6, 6.07) is 15.6. The Labute approximate surface area is 196 Å². The summed E-state index contributed by atoms with van der Waals surface area (Å²) >= 11 is 11.9. The van der Waals surface area contributed by atoms with Crippen molar-refractivity contribution in [2.45, 2.75) is 18.3 Å². The molecule has 1 heterocycles. The van der Waals surface area contributed by atoms with Crippen LogP contribution in [0.3, 0.4) is 0 Å². The third-order valence-corrected chi connectivity index (χ3v) is 6.03. The van der Waals surface area contributed by atoms with Crippen LogP contribution in [0.5, 0.6) is 0 Å². The lowest BCUT2D eigenvalue weighted by molar-refractivity contribution is 0.102. The maximum Gasteiger partial charge on any atom is 0.258 e. The molecule has 3 N–H and O–H groups in total. The molecule has 0 spiro atoms. The number of anilines is 2. The lowest BCUT2D eigenvalue weighted by atomic mass is 9.95. The molecule has 1 fully saturated rings. The van der Waals surface area contributed by atoms with Gasteiger partial charge in [-0.1, -0.05) is 35.3 Å². The van der Waals surface area contributed by atoms with E-state index in [1.54, 1.807) is 24.3 Å². The fourth-order valence-electron chi connectivity index (χ4n) is 3.67. The number of aromatic nitrogens is 1. The number of likely N-dealkylation sites (N-methyl/N-ethyl adjacent to an activating group) is 1. The van der Waals surface area contributed by atoms with Gasteiger partial charge in [-0.15, -0.1) is 0 Å². The molecule has 2 aromatic carbocycles. The van der Waals surface area contributed by atoms with E-state index >= 15 is 0 Å². The lowest BCUT2D eigenvalue weighted by Crippen LogP contribution is -2.23. The maximum absolute atomic E-state index is 12.9. The fourth-order valence-corrected chi connectivity index (χ4v) is 3.96. The van der Waals surface area contributed by atoms with Crippen LogP contribution in [0.25, 0.3) is 0 Å². The first-order chi connectivity index (χ1) is 15.4. The van der Waals surface area contributed by atoms with Crippen molar-refractivity contribution < 1.29 is 9.59 Å². The first-order valence-corrected chi connectivity index (χ1v) is 10.9. The predicted molar refractivity (Wildman–Crippen MR) is 128 cm³/mol. The number of nitrogens with zero attached hydrogens (tertiary/aromatic N) is 1. The van der Waals surface area contributed by atoms with E-state index < -0.39 is 5.91 Å². The summed E-state index contributed by atoms with van der Waals surface area (Å²) in [5, 5.41) is 9.58. The molecule has 0 bridgehead atoms. The Kier molecular flexibility index (Phi) is 6.46. The van der Waals surface area contributed by atoms with Crippen molar-refractivity contribution in [1.29, 1.82) is 0 Å². The monoisotopic (exact) mass is 468 g/mol. The van der Waals surface area contributed by atoms with Crippen molar-refractivity contribution in [3.63, 3.8) is 0 Å². The second-order valence-electron chi connectivity index (χ2n) is 7.85. The van der Waals surface area contributed by atoms with Crippen molar-refractivity contribution in [1.82, 2.24) is 10.3 Å². The first kappa shape index (κ1) is 22.3. The molecule has 0 saturated heterocycles. The van der Waals surface area contributed by atoms with Crippen molar-refractivity contribution in [2.24, 2.45) is 0 Å². The number of rotatable bonds is 7. The highest BCUT2D eigenvalue weighted by molar-refractivity contribution is 6.31. The van der Waals surface area contributed by atoms with E-state index in [1.165, 1.54) is 17.8 Å². The molecule has 164 valence electrons. The summed E-state index contributed by atoms with van der Waals surface area (Å²) < 4.78 is 0. The topological polar surface area (TPSA) is 83.1 Å². The van der Waals surface area contributed by atoms with Crippen molar-refractivity contribution in [3.05, 3.63) is 87.5 Å². The highest BCUT2D eigenvalue weighted by Gasteiger charge is 2.43. The molecule has 32 heavy (non-hydrogen) atoms. The Morgan fingerprint density at radius 2 is 1.66 bits per heavy atom. The molecule has 0 aliphatic heterocycles. The summed E-state index contributed by atoms with van der Waals surface area (Å²) in [6.07, 6.45) is 3.72. The summed E-state index contributed by atoms with van der Waals surface area (Å²) in [5.74, 6) is -0.422. The molecule has 8 heteroatoms. The second-order valence-corrected chi connectivity index (χ2v) is 8.72. The van der Waals surface area contributed by atoms with Crippen LogP contribution in [0.1, 0.15) is 39.1 Å². The van der Waals surface area contributed by atoms with Crippen LogP contribution in [0.15, 0.2) is 60.8 Å². The zero-order chi connectivity index (χ0) is 22.7. The van der Waals surface area contributed by atoms with Gasteiger partial charge in [-0.2, -0.15) is 0 Å². The van der Waals surface area contributed by atoms with Gasteiger partial charge >= 0.3 is 0 Å². The number of carbonyl (C=O) groups excluding carboxylic acids is 2. The van der Waals surface area contributed by atoms with E-state index in [-0.39, 0.29) is 16.9 Å². The molecule has 4 rings (SSSR count). The number of nitrogens with one attached hydrogen (secondary N) is 3. The highest BCUT2D eigenvalue weighted by atomic mass is 35.5. The molecular formula is C24H22Cl2N4O2. The van der Waals surface area contributed by atoms with Crippen LogP contribution in [-0.4, -0.2) is 30.4 Å². The van der Waals surface area contributed by atoms with Gasteiger partial charge in [-0.05, 0) is 67.9 Å². The van der Waals surface area contributed by atoms with Crippen LogP contribution in [-0.2, 0) is 5.41 Å². The van der Waals surface area contributed by atoms with Gasteiger partial charge in [0.1, 0.15) is 5.82 Å². The molecule has 1 aromatic heterocycles. The largest absolute Gasteiger partial charge is 0.321 e. The average molecular weight is 469 g/mol. The number of pyridine rings is 1. The number of hydrogen-bond acceptors (Lipinski definition) is 4. The molecule has 3 aromatic rings. The first-order valence-electron chi connectivity index (χ1n) is 10.2. The van der Waals surface area contributed by atoms with E-state index in [9.17, 15) is 9.59 Å². The molecule has 1 saturated carbocycles. The van der Waals surface area contributed by atoms with Gasteiger partial charge in [-0.3, -0.25) is 9.59 Å². The van der Waals surface area contributed by atoms with E-state index in [0.717, 1.165) is 19.4 Å². The lowest BCUT2D eigenvalue weighted by Gasteiger charge is -2.16. The standard InChI is InChI=1S/C24H22Cl2N4O2/c1-27-14-24(10-11-24)16-4-2-15(3-5-16)22(31)29-20-8-6-17(25)12-19(20)23(32)30-21-9-7-18(26)13-28-21/h2-9,12-13,27H,10-11,14H2,1H3,(H,29,31)(H,28,30,32). The second kappa shape index (κ2) is 9.28. The smallest absolute Gasteiger partial charge is 0.258 e. The van der Waals surface area contributed by atoms with Gasteiger partial charge in [-0.25, -0.2) is 4.98 Å². The Hall–Kier alpha value is -2.93. The summed E-state index contributed by atoms with van der Waals surface area (Å²) in [5.41, 5.74) is 2.50. The average Bonchev–Trinajstić information content (AvgIpc) is 3.57. The number of halogens is 2. The fraction of sp³-hybridized carbons (Fsp3) is 0.208. The van der Waals surface area contributed by atoms with Gasteiger partial charge in [0.25, 0.3) is 11.8 Å². The molecule has 0 radical (unpaired) electrons. The molecular weight excluding hydrogens is 447 g/mol. The Morgan fingerprint density at radius 1 is 0.938 bits per heavy atom. The zero-order valence-electron chi connectivity index (χ0n) is 17.4. The third-order valence-electron chi connectivity index (χ3n) is 5.57. The van der Waals surface area contributed by atoms with Gasteiger partial charge in [0.2, 0.25) is 0 Å². The minimum atomic E-state index is -0.448. The minimum Gasteiger partial charge on any atom is -0.321 e. The van der Waals surface area contributed by atoms with Crippen molar-refractivity contribution >= 4 is 46.5 Å². The highest BCUT2D eigenvalue weighted by Crippen LogP contribution is 2.47. The predicted octanol–water partition coefficient (Wildman–Crippen LogP) is 5.14. The Balaban J connectivity index is 1.51. The summed E-state index contributed by atoms with van der Waals surface area (Å²) in [4.78, 5) is 29.7. The zero-order valence-corrected chi connectivity index (χ0v) is 18.9. The molecule has 1 aliphatic rings. The molecule has 2 amide bonds. The summed E-state index contributed by atoms with van der Waals surface area (Å²) in [6.45, 7) is 0.921. The quantitative estimate of drug-likeness (QED) is 0.447. The normalized spacial score (nSPS) is 14.0. The van der Waals surface area contributed by atoms with Gasteiger partial charge in [0.15, 0.2) is 0 Å². The van der Waals surface area contributed by atoms with Crippen LogP contribution in [0.2, 0.25) is 10.0 Å². The van der Waals surface area contributed by atoms with E-state index in [0.29, 0.717) is 27.1 Å². The van der Waals surface area contributed by atoms with E-state index in [4.69, 9.17) is 23.2 Å². The Bertz CT molecular complexity index is 1140. The van der Waals surface area contributed by atoms with Gasteiger partial charge in [0, 0.05) is 28.7 Å². The molecule has 6 nitrogen and oxygen atoms in total. The van der Waals surface area contributed by atoms with Crippen molar-refractivity contribution in [3.8, 4) is 0 Å². The van der Waals surface area contributed by atoms with Crippen LogP contribution in [0.4, 0.5) is 11.5 Å². The van der Waals surface area contributed by atoms with Gasteiger partial charge < -0.3 is 16.0 Å². The minimum absolute atomic E-state index is 0.181. The van der Waals surface area contributed by atoms with E-state index in [2.05, 4.69) is 20.9 Å². The SMILES string of the molecule is CNCC1(c2ccc(C(=O)Nc3ccc(Cl)cc3C(=O)Nc3ccc(Cl)cn3)cc2)CC1. The maximum atomic E-state index is 12.9. The number of amides is 2. The number of benzene rings is 2. The molecule has 1 aliphatic carbocycles. The number of hydrogen-bond donors (Lipinski definition) is 3. The van der Waals surface area contributed by atoms with Crippen LogP contribution in [0, 0.1) is 0 Å².